The van der Waals surface area contributed by atoms with E-state index in [0.717, 1.165) is 6.54 Å². The third-order valence-corrected chi connectivity index (χ3v) is 4.74. The lowest BCUT2D eigenvalue weighted by Gasteiger charge is -2.25. The van der Waals surface area contributed by atoms with Gasteiger partial charge in [-0.05, 0) is 54.5 Å². The van der Waals surface area contributed by atoms with E-state index in [1.807, 2.05) is 0 Å². The quantitative estimate of drug-likeness (QED) is 0.843. The first-order valence-corrected chi connectivity index (χ1v) is 7.45. The molecule has 0 amide bonds. The molecule has 1 aliphatic carbocycles. The lowest BCUT2D eigenvalue weighted by atomic mass is 9.87. The summed E-state index contributed by atoms with van der Waals surface area (Å²) in [6, 6.07) is 16.1. The van der Waals surface area contributed by atoms with Crippen molar-refractivity contribution in [3.05, 3.63) is 48.0 Å². The fraction of sp³-hybridized carbons (Fsp3) is 0.444. The minimum atomic E-state index is 0.500. The third-order valence-electron chi connectivity index (χ3n) is 4.74. The number of hydrogen-bond donors (Lipinski definition) is 1. The Bertz CT molecular complexity index is 563. The van der Waals surface area contributed by atoms with E-state index in [4.69, 9.17) is 0 Å². The molecule has 1 saturated carbocycles. The van der Waals surface area contributed by atoms with Gasteiger partial charge in [-0.25, -0.2) is 0 Å². The van der Waals surface area contributed by atoms with Crippen LogP contribution in [0, 0.1) is 5.41 Å². The van der Waals surface area contributed by atoms with Crippen LogP contribution in [0.5, 0.6) is 0 Å². The molecule has 0 aromatic heterocycles. The van der Waals surface area contributed by atoms with Gasteiger partial charge in [0.25, 0.3) is 0 Å². The van der Waals surface area contributed by atoms with E-state index in [9.17, 15) is 0 Å². The molecule has 2 aromatic carbocycles. The highest BCUT2D eigenvalue weighted by molar-refractivity contribution is 5.85. The molecule has 1 heteroatoms. The van der Waals surface area contributed by atoms with Crippen molar-refractivity contribution in [2.75, 3.05) is 6.54 Å². The van der Waals surface area contributed by atoms with E-state index in [-0.39, 0.29) is 0 Å². The Labute approximate surface area is 116 Å². The van der Waals surface area contributed by atoms with Crippen molar-refractivity contribution in [3.8, 4) is 0 Å². The van der Waals surface area contributed by atoms with Gasteiger partial charge in [-0.3, -0.25) is 0 Å². The van der Waals surface area contributed by atoms with Gasteiger partial charge in [0.1, 0.15) is 0 Å². The Balaban J connectivity index is 1.90. The number of rotatable bonds is 5. The van der Waals surface area contributed by atoms with Crippen LogP contribution in [0.15, 0.2) is 42.5 Å². The first-order chi connectivity index (χ1) is 9.25. The van der Waals surface area contributed by atoms with E-state index < -0.39 is 0 Å². The van der Waals surface area contributed by atoms with Crippen molar-refractivity contribution < 1.29 is 0 Å². The molecule has 1 fully saturated rings. The van der Waals surface area contributed by atoms with Crippen LogP contribution in [-0.4, -0.2) is 12.6 Å². The van der Waals surface area contributed by atoms with Gasteiger partial charge in [-0.2, -0.15) is 0 Å². The molecular formula is C18H23N. The molecule has 1 atom stereocenters. The van der Waals surface area contributed by atoms with Crippen LogP contribution in [0.25, 0.3) is 10.8 Å². The molecule has 3 rings (SSSR count). The third kappa shape index (κ3) is 2.40. The SMILES string of the molecule is CCNC(C)C1(Cc2cccc3ccccc23)CC1. The molecule has 1 unspecified atom stereocenters. The Morgan fingerprint density at radius 1 is 1.11 bits per heavy atom. The van der Waals surface area contributed by atoms with Gasteiger partial charge in [0.05, 0.1) is 0 Å². The highest BCUT2D eigenvalue weighted by Crippen LogP contribution is 2.51. The number of benzene rings is 2. The van der Waals surface area contributed by atoms with Crippen molar-refractivity contribution in [1.29, 1.82) is 0 Å². The summed E-state index contributed by atoms with van der Waals surface area (Å²) in [7, 11) is 0. The maximum Gasteiger partial charge on any atom is 0.00982 e. The molecule has 19 heavy (non-hydrogen) atoms. The molecule has 0 spiro atoms. The zero-order chi connectivity index (χ0) is 13.3. The smallest absolute Gasteiger partial charge is 0.00982 e. The molecule has 0 bridgehead atoms. The molecule has 1 aliphatic rings. The highest BCUT2D eigenvalue weighted by atomic mass is 14.9. The Kier molecular flexibility index (Phi) is 3.32. The van der Waals surface area contributed by atoms with E-state index in [2.05, 4.69) is 61.6 Å². The normalized spacial score (nSPS) is 18.4. The summed E-state index contributed by atoms with van der Waals surface area (Å²) in [6.45, 7) is 5.62. The summed E-state index contributed by atoms with van der Waals surface area (Å²) in [4.78, 5) is 0. The molecule has 100 valence electrons. The molecule has 0 saturated heterocycles. The number of fused-ring (bicyclic) bond motifs is 1. The second-order valence-electron chi connectivity index (χ2n) is 5.96. The lowest BCUT2D eigenvalue weighted by molar-refractivity contribution is 0.356. The van der Waals surface area contributed by atoms with Crippen LogP contribution in [0.2, 0.25) is 0 Å². The topological polar surface area (TPSA) is 12.0 Å². The van der Waals surface area contributed by atoms with E-state index in [0.29, 0.717) is 11.5 Å². The Morgan fingerprint density at radius 2 is 1.84 bits per heavy atom. The van der Waals surface area contributed by atoms with Gasteiger partial charge in [0.15, 0.2) is 0 Å². The second-order valence-corrected chi connectivity index (χ2v) is 5.96. The van der Waals surface area contributed by atoms with E-state index in [1.54, 1.807) is 0 Å². The Morgan fingerprint density at radius 3 is 2.58 bits per heavy atom. The predicted octanol–water partition coefficient (Wildman–Crippen LogP) is 4.16. The predicted molar refractivity (Wildman–Crippen MR) is 82.5 cm³/mol. The molecule has 0 aliphatic heterocycles. The molecule has 1 nitrogen and oxygen atoms in total. The Hall–Kier alpha value is -1.34. The fourth-order valence-corrected chi connectivity index (χ4v) is 3.27. The van der Waals surface area contributed by atoms with Crippen LogP contribution in [0.4, 0.5) is 0 Å². The molecule has 2 aromatic rings. The van der Waals surface area contributed by atoms with Crippen LogP contribution >= 0.6 is 0 Å². The van der Waals surface area contributed by atoms with Gasteiger partial charge < -0.3 is 5.32 Å². The van der Waals surface area contributed by atoms with Crippen LogP contribution in [0.3, 0.4) is 0 Å². The average Bonchev–Trinajstić information content (AvgIpc) is 3.21. The van der Waals surface area contributed by atoms with Crippen molar-refractivity contribution in [3.63, 3.8) is 0 Å². The van der Waals surface area contributed by atoms with E-state index in [1.165, 1.54) is 35.6 Å². The molecule has 0 radical (unpaired) electrons. The monoisotopic (exact) mass is 253 g/mol. The summed E-state index contributed by atoms with van der Waals surface area (Å²) in [5.41, 5.74) is 2.01. The van der Waals surface area contributed by atoms with Crippen molar-refractivity contribution in [1.82, 2.24) is 5.32 Å². The van der Waals surface area contributed by atoms with Gasteiger partial charge in [0.2, 0.25) is 0 Å². The van der Waals surface area contributed by atoms with Crippen LogP contribution < -0.4 is 5.32 Å². The van der Waals surface area contributed by atoms with Gasteiger partial charge in [0, 0.05) is 6.04 Å². The van der Waals surface area contributed by atoms with Crippen molar-refractivity contribution in [2.24, 2.45) is 5.41 Å². The van der Waals surface area contributed by atoms with Crippen LogP contribution in [-0.2, 0) is 6.42 Å². The molecule has 0 heterocycles. The number of hydrogen-bond acceptors (Lipinski definition) is 1. The summed E-state index contributed by atoms with van der Waals surface area (Å²) in [6.07, 6.45) is 3.94. The minimum absolute atomic E-state index is 0.500. The molecular weight excluding hydrogens is 230 g/mol. The summed E-state index contributed by atoms with van der Waals surface area (Å²) in [5, 5.41) is 6.41. The lowest BCUT2D eigenvalue weighted by Crippen LogP contribution is -2.35. The molecule has 1 N–H and O–H groups in total. The summed E-state index contributed by atoms with van der Waals surface area (Å²) >= 11 is 0. The van der Waals surface area contributed by atoms with Crippen molar-refractivity contribution in [2.45, 2.75) is 39.2 Å². The average molecular weight is 253 g/mol. The summed E-state index contributed by atoms with van der Waals surface area (Å²) in [5.74, 6) is 0. The number of nitrogens with one attached hydrogen (secondary N) is 1. The highest BCUT2D eigenvalue weighted by Gasteiger charge is 2.46. The second kappa shape index (κ2) is 4.97. The maximum atomic E-state index is 3.62. The van der Waals surface area contributed by atoms with Crippen LogP contribution in [0.1, 0.15) is 32.3 Å². The maximum absolute atomic E-state index is 3.62. The summed E-state index contributed by atoms with van der Waals surface area (Å²) < 4.78 is 0. The first kappa shape index (κ1) is 12.7. The largest absolute Gasteiger partial charge is 0.314 e. The fourth-order valence-electron chi connectivity index (χ4n) is 3.27. The van der Waals surface area contributed by atoms with Crippen molar-refractivity contribution >= 4 is 10.8 Å². The minimum Gasteiger partial charge on any atom is -0.314 e. The first-order valence-electron chi connectivity index (χ1n) is 7.45. The van der Waals surface area contributed by atoms with E-state index >= 15 is 0 Å². The zero-order valence-corrected chi connectivity index (χ0v) is 11.9. The van der Waals surface area contributed by atoms with Gasteiger partial charge in [-0.15, -0.1) is 0 Å². The van der Waals surface area contributed by atoms with Gasteiger partial charge >= 0.3 is 0 Å². The zero-order valence-electron chi connectivity index (χ0n) is 11.9. The standard InChI is InChI=1S/C18H23N/c1-3-19-14(2)18(11-12-18)13-16-9-6-8-15-7-4-5-10-17(15)16/h4-10,14,19H,3,11-13H2,1-2H3. The van der Waals surface area contributed by atoms with Gasteiger partial charge in [-0.1, -0.05) is 49.4 Å².